The van der Waals surface area contributed by atoms with Gasteiger partial charge in [-0.05, 0) is 40.3 Å². The maximum Gasteiger partial charge on any atom is 0.146 e. The lowest BCUT2D eigenvalue weighted by molar-refractivity contribution is 0.189. The zero-order chi connectivity index (χ0) is 13.1. The minimum atomic E-state index is 0.194. The van der Waals surface area contributed by atoms with Gasteiger partial charge in [-0.2, -0.15) is 5.26 Å². The second-order valence-electron chi connectivity index (χ2n) is 4.93. The van der Waals surface area contributed by atoms with Crippen molar-refractivity contribution < 1.29 is 5.11 Å². The van der Waals surface area contributed by atoms with Gasteiger partial charge in [0.25, 0.3) is 0 Å². The predicted molar refractivity (Wildman–Crippen MR) is 73.2 cm³/mol. The van der Waals surface area contributed by atoms with Crippen molar-refractivity contribution in [1.29, 1.82) is 5.26 Å². The molecule has 0 radical (unpaired) electrons. The van der Waals surface area contributed by atoms with Gasteiger partial charge < -0.3 is 10.0 Å². The second-order valence-corrected chi connectivity index (χ2v) is 5.85. The summed E-state index contributed by atoms with van der Waals surface area (Å²) in [7, 11) is 0. The fourth-order valence-corrected chi connectivity index (χ4v) is 2.88. The molecule has 1 fully saturated rings. The molecule has 0 amide bonds. The lowest BCUT2D eigenvalue weighted by Gasteiger charge is -2.36. The van der Waals surface area contributed by atoms with E-state index in [1.54, 1.807) is 12.3 Å². The first-order chi connectivity index (χ1) is 8.63. The van der Waals surface area contributed by atoms with E-state index < -0.39 is 0 Å². The van der Waals surface area contributed by atoms with Gasteiger partial charge in [-0.15, -0.1) is 0 Å². The number of pyridine rings is 1. The summed E-state index contributed by atoms with van der Waals surface area (Å²) in [5.74, 6) is 1.50. The van der Waals surface area contributed by atoms with Crippen molar-refractivity contribution in [2.75, 3.05) is 24.6 Å². The van der Waals surface area contributed by atoms with Crippen molar-refractivity contribution in [2.45, 2.75) is 13.3 Å². The Morgan fingerprint density at radius 3 is 3.06 bits per heavy atom. The molecule has 0 saturated carbocycles. The number of hydrogen-bond donors (Lipinski definition) is 1. The maximum absolute atomic E-state index is 9.32. The minimum Gasteiger partial charge on any atom is -0.396 e. The molecular weight excluding hydrogens is 294 g/mol. The molecule has 1 aliphatic rings. The van der Waals surface area contributed by atoms with E-state index in [-0.39, 0.29) is 12.5 Å². The highest BCUT2D eigenvalue weighted by Crippen LogP contribution is 2.28. The van der Waals surface area contributed by atoms with Gasteiger partial charge in [-0.1, -0.05) is 6.92 Å². The van der Waals surface area contributed by atoms with E-state index in [9.17, 15) is 10.4 Å². The minimum absolute atomic E-state index is 0.194. The van der Waals surface area contributed by atoms with E-state index in [0.29, 0.717) is 11.5 Å². The molecule has 4 nitrogen and oxygen atoms in total. The molecule has 1 aromatic rings. The summed E-state index contributed by atoms with van der Waals surface area (Å²) >= 11 is 3.33. The molecule has 0 aromatic carbocycles. The molecule has 5 heteroatoms. The van der Waals surface area contributed by atoms with Crippen LogP contribution in [0.4, 0.5) is 5.82 Å². The summed E-state index contributed by atoms with van der Waals surface area (Å²) in [5, 5.41) is 18.5. The maximum atomic E-state index is 9.32. The number of halogens is 1. The van der Waals surface area contributed by atoms with Gasteiger partial charge in [0.15, 0.2) is 0 Å². The van der Waals surface area contributed by atoms with E-state index in [4.69, 9.17) is 0 Å². The Morgan fingerprint density at radius 1 is 1.61 bits per heavy atom. The Morgan fingerprint density at radius 2 is 2.39 bits per heavy atom. The monoisotopic (exact) mass is 309 g/mol. The van der Waals surface area contributed by atoms with Crippen LogP contribution < -0.4 is 4.90 Å². The first-order valence-corrected chi connectivity index (χ1v) is 6.84. The Balaban J connectivity index is 2.28. The lowest BCUT2D eigenvalue weighted by Crippen LogP contribution is -2.41. The molecule has 0 aliphatic carbocycles. The quantitative estimate of drug-likeness (QED) is 0.909. The van der Waals surface area contributed by atoms with E-state index >= 15 is 0 Å². The number of hydrogen-bond acceptors (Lipinski definition) is 4. The summed E-state index contributed by atoms with van der Waals surface area (Å²) in [6.45, 7) is 4.02. The van der Waals surface area contributed by atoms with Gasteiger partial charge in [-0.25, -0.2) is 4.98 Å². The fraction of sp³-hybridized carbons (Fsp3) is 0.538. The third-order valence-electron chi connectivity index (χ3n) is 3.26. The average molecular weight is 310 g/mol. The van der Waals surface area contributed by atoms with Crippen LogP contribution in [0.25, 0.3) is 0 Å². The Kier molecular flexibility index (Phi) is 4.20. The molecule has 2 atom stereocenters. The molecule has 2 heterocycles. The summed E-state index contributed by atoms with van der Waals surface area (Å²) in [4.78, 5) is 6.46. The van der Waals surface area contributed by atoms with E-state index in [1.807, 2.05) is 0 Å². The van der Waals surface area contributed by atoms with Crippen molar-refractivity contribution in [1.82, 2.24) is 4.98 Å². The van der Waals surface area contributed by atoms with Gasteiger partial charge in [0, 0.05) is 30.4 Å². The van der Waals surface area contributed by atoms with Crippen LogP contribution >= 0.6 is 15.9 Å². The molecule has 1 aliphatic heterocycles. The number of aliphatic hydroxyl groups excluding tert-OH is 1. The van der Waals surface area contributed by atoms with Crippen molar-refractivity contribution in [2.24, 2.45) is 11.8 Å². The number of aliphatic hydroxyl groups is 1. The predicted octanol–water partition coefficient (Wildman–Crippen LogP) is 2.17. The number of rotatable bonds is 2. The SMILES string of the molecule is CC1CC(CO)CN(c2ncc(Br)cc2C#N)C1. The van der Waals surface area contributed by atoms with Crippen molar-refractivity contribution >= 4 is 21.7 Å². The van der Waals surface area contributed by atoms with E-state index in [2.05, 4.69) is 38.8 Å². The lowest BCUT2D eigenvalue weighted by atomic mass is 9.91. The van der Waals surface area contributed by atoms with Crippen molar-refractivity contribution in [3.8, 4) is 6.07 Å². The second kappa shape index (κ2) is 5.68. The first kappa shape index (κ1) is 13.3. The summed E-state index contributed by atoms with van der Waals surface area (Å²) in [6.07, 6.45) is 2.74. The third kappa shape index (κ3) is 2.82. The van der Waals surface area contributed by atoms with Gasteiger partial charge >= 0.3 is 0 Å². The van der Waals surface area contributed by atoms with Gasteiger partial charge in [-0.3, -0.25) is 0 Å². The number of nitriles is 1. The average Bonchev–Trinajstić information content (AvgIpc) is 2.37. The number of anilines is 1. The van der Waals surface area contributed by atoms with E-state index in [1.165, 1.54) is 0 Å². The van der Waals surface area contributed by atoms with Gasteiger partial charge in [0.05, 0.1) is 5.56 Å². The zero-order valence-electron chi connectivity index (χ0n) is 10.3. The molecule has 1 N–H and O–H groups in total. The molecule has 2 unspecified atom stereocenters. The van der Waals surface area contributed by atoms with Crippen LogP contribution in [0, 0.1) is 23.2 Å². The van der Waals surface area contributed by atoms with E-state index in [0.717, 1.165) is 29.8 Å². The highest BCUT2D eigenvalue weighted by atomic mass is 79.9. The molecular formula is C13H16BrN3O. The number of piperidine rings is 1. The normalized spacial score (nSPS) is 23.8. The third-order valence-corrected chi connectivity index (χ3v) is 3.69. The van der Waals surface area contributed by atoms with Gasteiger partial charge in [0.2, 0.25) is 0 Å². The molecule has 18 heavy (non-hydrogen) atoms. The highest BCUT2D eigenvalue weighted by molar-refractivity contribution is 9.10. The molecule has 1 saturated heterocycles. The molecule has 0 spiro atoms. The molecule has 1 aromatic heterocycles. The largest absolute Gasteiger partial charge is 0.396 e. The van der Waals surface area contributed by atoms with Crippen LogP contribution in [-0.4, -0.2) is 29.8 Å². The Hall–Kier alpha value is -1.12. The van der Waals surface area contributed by atoms with Crippen LogP contribution in [0.2, 0.25) is 0 Å². The molecule has 0 bridgehead atoms. The zero-order valence-corrected chi connectivity index (χ0v) is 11.9. The van der Waals surface area contributed by atoms with Crippen molar-refractivity contribution in [3.63, 3.8) is 0 Å². The van der Waals surface area contributed by atoms with Crippen LogP contribution in [0.15, 0.2) is 16.7 Å². The molecule has 2 rings (SSSR count). The summed E-state index contributed by atoms with van der Waals surface area (Å²) in [5.41, 5.74) is 0.579. The van der Waals surface area contributed by atoms with Crippen LogP contribution in [-0.2, 0) is 0 Å². The van der Waals surface area contributed by atoms with Crippen LogP contribution in [0.3, 0.4) is 0 Å². The first-order valence-electron chi connectivity index (χ1n) is 6.05. The topological polar surface area (TPSA) is 60.1 Å². The van der Waals surface area contributed by atoms with Gasteiger partial charge in [0.1, 0.15) is 11.9 Å². The van der Waals surface area contributed by atoms with Crippen LogP contribution in [0.1, 0.15) is 18.9 Å². The smallest absolute Gasteiger partial charge is 0.146 e. The Bertz CT molecular complexity index is 472. The summed E-state index contributed by atoms with van der Waals surface area (Å²) in [6, 6.07) is 3.97. The standard InChI is InChI=1S/C13H16BrN3O/c1-9-2-10(8-18)7-17(6-9)13-11(4-15)3-12(14)5-16-13/h3,5,9-10,18H,2,6-8H2,1H3. The summed E-state index contributed by atoms with van der Waals surface area (Å²) < 4.78 is 0.812. The molecule has 96 valence electrons. The number of aromatic nitrogens is 1. The highest BCUT2D eigenvalue weighted by Gasteiger charge is 2.26. The number of nitrogens with zero attached hydrogens (tertiary/aromatic N) is 3. The Labute approximate surface area is 115 Å². The van der Waals surface area contributed by atoms with Crippen molar-refractivity contribution in [3.05, 3.63) is 22.3 Å². The van der Waals surface area contributed by atoms with Crippen LogP contribution in [0.5, 0.6) is 0 Å². The fourth-order valence-electron chi connectivity index (χ4n) is 2.55.